The van der Waals surface area contributed by atoms with Gasteiger partial charge < -0.3 is 19.9 Å². The van der Waals surface area contributed by atoms with Crippen LogP contribution in [0.3, 0.4) is 0 Å². The number of hydrogen-bond donors (Lipinski definition) is 2. The van der Waals surface area contributed by atoms with Crippen LogP contribution in [-0.4, -0.2) is 37.7 Å². The number of methoxy groups -OCH3 is 1. The summed E-state index contributed by atoms with van der Waals surface area (Å²) in [7, 11) is 1.41. The third-order valence-corrected chi connectivity index (χ3v) is 3.10. The van der Waals surface area contributed by atoms with Gasteiger partial charge in [0.2, 0.25) is 0 Å². The monoisotopic (exact) mass is 358 g/mol. The normalized spacial score (nSPS) is 11.3. The molecule has 0 aliphatic heterocycles. The van der Waals surface area contributed by atoms with E-state index in [4.69, 9.17) is 31.5 Å². The molecule has 0 fully saturated rings. The quantitative estimate of drug-likeness (QED) is 0.718. The molecule has 8 nitrogen and oxygen atoms in total. The average molecular weight is 359 g/mol. The van der Waals surface area contributed by atoms with E-state index >= 15 is 0 Å². The first kappa shape index (κ1) is 19.6. The maximum atomic E-state index is 12.1. The summed E-state index contributed by atoms with van der Waals surface area (Å²) in [5, 5.41) is 1.99. The second-order valence-corrected chi connectivity index (χ2v) is 5.15. The first-order valence-electron chi connectivity index (χ1n) is 7.11. The van der Waals surface area contributed by atoms with Gasteiger partial charge in [0.1, 0.15) is 0 Å². The molecule has 0 aliphatic rings. The van der Waals surface area contributed by atoms with Gasteiger partial charge in [-0.25, -0.2) is 9.59 Å². The molecule has 9 heteroatoms. The topological polar surface area (TPSA) is 117 Å². The number of esters is 1. The second-order valence-electron chi connectivity index (χ2n) is 4.74. The van der Waals surface area contributed by atoms with Crippen molar-refractivity contribution in [2.75, 3.05) is 13.7 Å². The van der Waals surface area contributed by atoms with Crippen molar-refractivity contribution in [1.29, 1.82) is 0 Å². The van der Waals surface area contributed by atoms with E-state index in [-0.39, 0.29) is 16.3 Å². The first-order valence-corrected chi connectivity index (χ1v) is 7.49. The molecule has 1 aromatic carbocycles. The van der Waals surface area contributed by atoms with E-state index in [0.717, 1.165) is 6.42 Å². The van der Waals surface area contributed by atoms with Crippen molar-refractivity contribution in [2.45, 2.75) is 26.4 Å². The van der Waals surface area contributed by atoms with Gasteiger partial charge in [0, 0.05) is 0 Å². The van der Waals surface area contributed by atoms with E-state index in [1.165, 1.54) is 26.2 Å². The summed E-state index contributed by atoms with van der Waals surface area (Å²) in [6.45, 7) is 3.67. The van der Waals surface area contributed by atoms with E-state index in [2.05, 4.69) is 0 Å². The lowest BCUT2D eigenvalue weighted by Crippen LogP contribution is -2.42. The van der Waals surface area contributed by atoms with E-state index in [9.17, 15) is 14.4 Å². The van der Waals surface area contributed by atoms with Crippen LogP contribution in [0.25, 0.3) is 0 Å². The number of nitrogens with one attached hydrogen (secondary N) is 1. The van der Waals surface area contributed by atoms with Gasteiger partial charge in [-0.05, 0) is 25.5 Å². The number of amides is 3. The second kappa shape index (κ2) is 8.97. The van der Waals surface area contributed by atoms with E-state index in [1.54, 1.807) is 0 Å². The minimum Gasteiger partial charge on any atom is -0.493 e. The molecule has 1 rings (SSSR count). The fraction of sp³-hybridized carbons (Fsp3) is 0.400. The summed E-state index contributed by atoms with van der Waals surface area (Å²) < 4.78 is 15.6. The summed E-state index contributed by atoms with van der Waals surface area (Å²) in [4.78, 5) is 34.3. The van der Waals surface area contributed by atoms with Gasteiger partial charge in [-0.3, -0.25) is 10.1 Å². The fourth-order valence-corrected chi connectivity index (χ4v) is 1.95. The number of urea groups is 1. The molecule has 1 atom stereocenters. The molecular formula is C15H19ClN2O6. The summed E-state index contributed by atoms with van der Waals surface area (Å²) >= 11 is 6.11. The number of hydrogen-bond acceptors (Lipinski definition) is 6. The average Bonchev–Trinajstić information content (AvgIpc) is 2.52. The molecule has 0 saturated heterocycles. The van der Waals surface area contributed by atoms with Crippen molar-refractivity contribution >= 4 is 29.5 Å². The van der Waals surface area contributed by atoms with Gasteiger partial charge in [-0.15, -0.1) is 0 Å². The van der Waals surface area contributed by atoms with Crippen molar-refractivity contribution in [3.8, 4) is 11.5 Å². The van der Waals surface area contributed by atoms with Gasteiger partial charge >= 0.3 is 12.0 Å². The molecule has 0 bridgehead atoms. The third kappa shape index (κ3) is 5.31. The third-order valence-electron chi connectivity index (χ3n) is 2.82. The van der Waals surface area contributed by atoms with Crippen LogP contribution in [0.1, 0.15) is 30.6 Å². The molecule has 0 heterocycles. The van der Waals surface area contributed by atoms with Crippen LogP contribution >= 0.6 is 11.6 Å². The van der Waals surface area contributed by atoms with Gasteiger partial charge in [0.25, 0.3) is 5.91 Å². The van der Waals surface area contributed by atoms with E-state index in [0.29, 0.717) is 12.4 Å². The predicted octanol–water partition coefficient (Wildman–Crippen LogP) is 1.88. The number of imide groups is 1. The Morgan fingerprint density at radius 3 is 2.54 bits per heavy atom. The van der Waals surface area contributed by atoms with Crippen LogP contribution in [0, 0.1) is 0 Å². The molecular weight excluding hydrogens is 340 g/mol. The maximum Gasteiger partial charge on any atom is 0.339 e. The number of ether oxygens (including phenoxy) is 3. The molecule has 0 aliphatic carbocycles. The highest BCUT2D eigenvalue weighted by molar-refractivity contribution is 6.32. The number of benzene rings is 1. The van der Waals surface area contributed by atoms with Crippen LogP contribution < -0.4 is 20.5 Å². The Labute approximate surface area is 144 Å². The van der Waals surface area contributed by atoms with Crippen molar-refractivity contribution in [3.63, 3.8) is 0 Å². The van der Waals surface area contributed by atoms with E-state index in [1.807, 2.05) is 12.2 Å². The Bertz CT molecular complexity index is 635. The maximum absolute atomic E-state index is 12.1. The van der Waals surface area contributed by atoms with Gasteiger partial charge in [-0.2, -0.15) is 0 Å². The number of halogens is 1. The summed E-state index contributed by atoms with van der Waals surface area (Å²) in [5.74, 6) is -1.07. The van der Waals surface area contributed by atoms with Crippen LogP contribution in [0.15, 0.2) is 12.1 Å². The Balaban J connectivity index is 2.93. The van der Waals surface area contributed by atoms with Crippen molar-refractivity contribution in [2.24, 2.45) is 5.73 Å². The molecule has 1 unspecified atom stereocenters. The molecule has 0 spiro atoms. The zero-order valence-corrected chi connectivity index (χ0v) is 14.3. The first-order chi connectivity index (χ1) is 11.3. The molecule has 0 aromatic heterocycles. The Morgan fingerprint density at radius 1 is 1.33 bits per heavy atom. The summed E-state index contributed by atoms with van der Waals surface area (Å²) in [6.07, 6.45) is -0.443. The zero-order chi connectivity index (χ0) is 18.3. The van der Waals surface area contributed by atoms with Crippen LogP contribution in [0.4, 0.5) is 4.79 Å². The van der Waals surface area contributed by atoms with Gasteiger partial charge in [-0.1, -0.05) is 18.5 Å². The molecule has 1 aromatic rings. The Kier molecular flexibility index (Phi) is 7.31. The molecule has 3 N–H and O–H groups in total. The summed E-state index contributed by atoms with van der Waals surface area (Å²) in [5.41, 5.74) is 4.90. The highest BCUT2D eigenvalue weighted by Crippen LogP contribution is 2.36. The van der Waals surface area contributed by atoms with E-state index < -0.39 is 24.0 Å². The van der Waals surface area contributed by atoms with Crippen molar-refractivity contribution in [1.82, 2.24) is 5.32 Å². The molecule has 132 valence electrons. The minimum absolute atomic E-state index is 0.0689. The molecule has 3 amide bonds. The Hall–Kier alpha value is -2.48. The summed E-state index contributed by atoms with van der Waals surface area (Å²) in [6, 6.07) is 1.69. The Morgan fingerprint density at radius 2 is 2.00 bits per heavy atom. The van der Waals surface area contributed by atoms with Gasteiger partial charge in [0.05, 0.1) is 24.3 Å². The van der Waals surface area contributed by atoms with Gasteiger partial charge in [0.15, 0.2) is 17.6 Å². The number of nitrogens with two attached hydrogens (primary N) is 1. The zero-order valence-electron chi connectivity index (χ0n) is 13.6. The van der Waals surface area contributed by atoms with Crippen molar-refractivity contribution < 1.29 is 28.6 Å². The number of primary amides is 1. The van der Waals surface area contributed by atoms with Crippen LogP contribution in [0.2, 0.25) is 5.02 Å². The number of carbonyl (C=O) groups is 3. The minimum atomic E-state index is -1.22. The SMILES string of the molecule is CCCOc1c(Cl)cc(C(=O)OC(C)C(=O)NC(N)=O)cc1OC. The molecule has 24 heavy (non-hydrogen) atoms. The standard InChI is InChI=1S/C15H19ClN2O6/c1-4-5-23-12-10(16)6-9(7-11(12)22-3)14(20)24-8(2)13(19)18-15(17)21/h6-8H,4-5H2,1-3H3,(H3,17,18,19,21). The smallest absolute Gasteiger partial charge is 0.339 e. The van der Waals surface area contributed by atoms with Crippen LogP contribution in [-0.2, 0) is 9.53 Å². The highest BCUT2D eigenvalue weighted by atomic mass is 35.5. The largest absolute Gasteiger partial charge is 0.493 e. The number of rotatable bonds is 7. The number of carbonyl (C=O) groups excluding carboxylic acids is 3. The molecule has 0 radical (unpaired) electrons. The molecule has 0 saturated carbocycles. The predicted molar refractivity (Wildman–Crippen MR) is 86.4 cm³/mol. The lowest BCUT2D eigenvalue weighted by Gasteiger charge is -2.15. The fourth-order valence-electron chi connectivity index (χ4n) is 1.69. The lowest BCUT2D eigenvalue weighted by atomic mass is 10.2. The van der Waals surface area contributed by atoms with Crippen molar-refractivity contribution in [3.05, 3.63) is 22.7 Å². The van der Waals surface area contributed by atoms with Crippen LogP contribution in [0.5, 0.6) is 11.5 Å². The lowest BCUT2D eigenvalue weighted by molar-refractivity contribution is -0.127. The highest BCUT2D eigenvalue weighted by Gasteiger charge is 2.22.